The molecule has 0 atom stereocenters. The first-order valence-corrected chi connectivity index (χ1v) is 11.3. The molecule has 31 heavy (non-hydrogen) atoms. The van der Waals surface area contributed by atoms with E-state index in [0.29, 0.717) is 18.0 Å². The predicted molar refractivity (Wildman–Crippen MR) is 123 cm³/mol. The third-order valence-corrected chi connectivity index (χ3v) is 6.55. The Balaban J connectivity index is 1.94. The summed E-state index contributed by atoms with van der Waals surface area (Å²) in [5.41, 5.74) is 3.63. The fourth-order valence-corrected chi connectivity index (χ4v) is 4.74. The number of rotatable bonds is 8. The van der Waals surface area contributed by atoms with Gasteiger partial charge in [-0.1, -0.05) is 42.5 Å². The van der Waals surface area contributed by atoms with Gasteiger partial charge >= 0.3 is 0 Å². The third kappa shape index (κ3) is 5.51. The molecule has 3 rings (SSSR count). The highest BCUT2D eigenvalue weighted by molar-refractivity contribution is 7.92. The molecule has 0 saturated carbocycles. The number of hydrogen-bond acceptors (Lipinski definition) is 4. The van der Waals surface area contributed by atoms with Crippen molar-refractivity contribution in [1.29, 1.82) is 0 Å². The van der Waals surface area contributed by atoms with Crippen molar-refractivity contribution >= 4 is 27.3 Å². The molecule has 162 valence electrons. The van der Waals surface area contributed by atoms with E-state index in [-0.39, 0.29) is 11.4 Å². The highest BCUT2D eigenvalue weighted by Crippen LogP contribution is 2.28. The first kappa shape index (κ1) is 22.5. The van der Waals surface area contributed by atoms with E-state index < -0.39 is 15.9 Å². The lowest BCUT2D eigenvalue weighted by atomic mass is 10.1. The van der Waals surface area contributed by atoms with Crippen molar-refractivity contribution in [3.05, 3.63) is 89.5 Å². The van der Waals surface area contributed by atoms with Gasteiger partial charge in [-0.05, 0) is 60.9 Å². The Hall–Kier alpha value is -3.16. The molecule has 0 aliphatic carbocycles. The second kappa shape index (κ2) is 9.76. The Morgan fingerprint density at radius 3 is 2.42 bits per heavy atom. The summed E-state index contributed by atoms with van der Waals surface area (Å²) < 4.78 is 33.2. The summed E-state index contributed by atoms with van der Waals surface area (Å²) in [6.45, 7) is 3.78. The third-order valence-electron chi connectivity index (χ3n) is 4.77. The van der Waals surface area contributed by atoms with Crippen LogP contribution in [-0.4, -0.2) is 28.0 Å². The molecule has 1 N–H and O–H groups in total. The zero-order valence-corrected chi connectivity index (χ0v) is 18.6. The predicted octanol–water partition coefficient (Wildman–Crippen LogP) is 4.28. The van der Waals surface area contributed by atoms with E-state index in [1.54, 1.807) is 43.5 Å². The van der Waals surface area contributed by atoms with Crippen LogP contribution in [0.3, 0.4) is 0 Å². The molecular formula is C24H26N2O4S. The number of sulfonamides is 1. The number of hydrogen-bond donors (Lipinski definition) is 1. The van der Waals surface area contributed by atoms with Crippen molar-refractivity contribution in [3.63, 3.8) is 0 Å². The molecule has 3 aromatic rings. The van der Waals surface area contributed by atoms with Crippen LogP contribution in [0.15, 0.2) is 77.7 Å². The average molecular weight is 439 g/mol. The van der Waals surface area contributed by atoms with Crippen molar-refractivity contribution in [2.24, 2.45) is 0 Å². The van der Waals surface area contributed by atoms with Crippen LogP contribution in [0.5, 0.6) is 0 Å². The maximum absolute atomic E-state index is 13.5. The summed E-state index contributed by atoms with van der Waals surface area (Å²) in [5, 5.41) is 2.80. The Morgan fingerprint density at radius 1 is 0.968 bits per heavy atom. The molecule has 0 aromatic heterocycles. The minimum atomic E-state index is -3.95. The van der Waals surface area contributed by atoms with Crippen molar-refractivity contribution in [2.45, 2.75) is 25.3 Å². The number of methoxy groups -OCH3 is 1. The maximum atomic E-state index is 13.5. The molecule has 0 saturated heterocycles. The van der Waals surface area contributed by atoms with E-state index >= 15 is 0 Å². The number of benzene rings is 3. The lowest BCUT2D eigenvalue weighted by Gasteiger charge is -2.26. The quantitative estimate of drug-likeness (QED) is 0.569. The number of carbonyl (C=O) groups excluding carboxylic acids is 1. The molecule has 0 unspecified atom stereocenters. The monoisotopic (exact) mass is 438 g/mol. The molecule has 1 amide bonds. The van der Waals surface area contributed by atoms with Gasteiger partial charge in [-0.15, -0.1) is 0 Å². The van der Waals surface area contributed by atoms with Crippen molar-refractivity contribution in [3.8, 4) is 0 Å². The summed E-state index contributed by atoms with van der Waals surface area (Å²) >= 11 is 0. The highest BCUT2D eigenvalue weighted by Gasteiger charge is 2.28. The Kier molecular flexibility index (Phi) is 7.09. The summed E-state index contributed by atoms with van der Waals surface area (Å²) in [7, 11) is -2.35. The first-order valence-electron chi connectivity index (χ1n) is 9.84. The van der Waals surface area contributed by atoms with Gasteiger partial charge in [-0.3, -0.25) is 9.10 Å². The van der Waals surface area contributed by atoms with E-state index in [9.17, 15) is 13.2 Å². The van der Waals surface area contributed by atoms with Gasteiger partial charge in [0.25, 0.3) is 10.0 Å². The van der Waals surface area contributed by atoms with Gasteiger partial charge in [0, 0.05) is 12.8 Å². The molecule has 0 spiro atoms. The summed E-state index contributed by atoms with van der Waals surface area (Å²) in [6, 6.07) is 20.9. The van der Waals surface area contributed by atoms with E-state index in [1.807, 2.05) is 38.1 Å². The van der Waals surface area contributed by atoms with Crippen LogP contribution in [0.25, 0.3) is 0 Å². The van der Waals surface area contributed by atoms with Gasteiger partial charge in [-0.25, -0.2) is 8.42 Å². The number of carbonyl (C=O) groups is 1. The molecule has 0 heterocycles. The summed E-state index contributed by atoms with van der Waals surface area (Å²) in [5.74, 6) is -0.435. The van der Waals surface area contributed by atoms with Crippen LogP contribution < -0.4 is 9.62 Å². The minimum Gasteiger partial charge on any atom is -0.380 e. The number of anilines is 2. The van der Waals surface area contributed by atoms with Gasteiger partial charge in [-0.2, -0.15) is 0 Å². The fourth-order valence-electron chi connectivity index (χ4n) is 3.24. The van der Waals surface area contributed by atoms with Gasteiger partial charge < -0.3 is 10.1 Å². The molecule has 3 aromatic carbocycles. The van der Waals surface area contributed by atoms with Gasteiger partial charge in [0.1, 0.15) is 6.54 Å². The maximum Gasteiger partial charge on any atom is 0.264 e. The number of amides is 1. The SMILES string of the molecule is COCc1cccc(NC(=O)CN(c2cc(C)ccc2C)S(=O)(=O)c2ccccc2)c1. The largest absolute Gasteiger partial charge is 0.380 e. The van der Waals surface area contributed by atoms with Gasteiger partial charge in [0.15, 0.2) is 0 Å². The fraction of sp³-hybridized carbons (Fsp3) is 0.208. The van der Waals surface area contributed by atoms with E-state index in [1.165, 1.54) is 16.4 Å². The molecule has 0 radical (unpaired) electrons. The van der Waals surface area contributed by atoms with E-state index in [4.69, 9.17) is 4.74 Å². The van der Waals surface area contributed by atoms with Gasteiger partial charge in [0.05, 0.1) is 17.2 Å². The van der Waals surface area contributed by atoms with Crippen LogP contribution in [0.1, 0.15) is 16.7 Å². The standard InChI is InChI=1S/C24H26N2O4S/c1-18-12-13-19(2)23(14-18)26(31(28,29)22-10-5-4-6-11-22)16-24(27)25-21-9-7-8-20(15-21)17-30-3/h4-15H,16-17H2,1-3H3,(H,25,27). The lowest BCUT2D eigenvalue weighted by molar-refractivity contribution is -0.114. The molecular weight excluding hydrogens is 412 g/mol. The zero-order valence-electron chi connectivity index (χ0n) is 17.8. The molecule has 0 aliphatic heterocycles. The minimum absolute atomic E-state index is 0.130. The Bertz CT molecular complexity index is 1160. The van der Waals surface area contributed by atoms with Crippen molar-refractivity contribution in [2.75, 3.05) is 23.3 Å². The number of aryl methyl sites for hydroxylation is 2. The number of nitrogens with zero attached hydrogens (tertiary/aromatic N) is 1. The second-order valence-corrected chi connectivity index (χ2v) is 9.16. The topological polar surface area (TPSA) is 75.7 Å². The second-order valence-electron chi connectivity index (χ2n) is 7.30. The van der Waals surface area contributed by atoms with Crippen LogP contribution in [0.4, 0.5) is 11.4 Å². The normalized spacial score (nSPS) is 11.2. The smallest absolute Gasteiger partial charge is 0.264 e. The highest BCUT2D eigenvalue weighted by atomic mass is 32.2. The molecule has 7 heteroatoms. The Morgan fingerprint density at radius 2 is 1.71 bits per heavy atom. The average Bonchev–Trinajstić information content (AvgIpc) is 2.75. The van der Waals surface area contributed by atoms with E-state index in [2.05, 4.69) is 5.32 Å². The van der Waals surface area contributed by atoms with Gasteiger partial charge in [0.2, 0.25) is 5.91 Å². The Labute approximate surface area is 183 Å². The van der Waals surface area contributed by atoms with E-state index in [0.717, 1.165) is 16.7 Å². The zero-order chi connectivity index (χ0) is 22.4. The summed E-state index contributed by atoms with van der Waals surface area (Å²) in [4.78, 5) is 13.0. The number of nitrogens with one attached hydrogen (secondary N) is 1. The van der Waals surface area contributed by atoms with Crippen molar-refractivity contribution in [1.82, 2.24) is 0 Å². The summed E-state index contributed by atoms with van der Waals surface area (Å²) in [6.07, 6.45) is 0. The van der Waals surface area contributed by atoms with Crippen LogP contribution in [0, 0.1) is 13.8 Å². The van der Waals surface area contributed by atoms with Crippen molar-refractivity contribution < 1.29 is 17.9 Å². The van der Waals surface area contributed by atoms with Crippen LogP contribution in [-0.2, 0) is 26.2 Å². The first-order chi connectivity index (χ1) is 14.8. The molecule has 0 aliphatic rings. The number of ether oxygens (including phenoxy) is 1. The molecule has 6 nitrogen and oxygen atoms in total. The lowest BCUT2D eigenvalue weighted by Crippen LogP contribution is -2.38. The molecule has 0 bridgehead atoms. The van der Waals surface area contributed by atoms with Crippen LogP contribution in [0.2, 0.25) is 0 Å². The van der Waals surface area contributed by atoms with Crippen LogP contribution >= 0.6 is 0 Å². The molecule has 0 fully saturated rings.